The topological polar surface area (TPSA) is 97.9 Å². The smallest absolute Gasteiger partial charge is 0.260 e. The van der Waals surface area contributed by atoms with E-state index in [2.05, 4.69) is 4.90 Å². The Labute approximate surface area is 205 Å². The van der Waals surface area contributed by atoms with E-state index in [1.54, 1.807) is 17.0 Å². The van der Waals surface area contributed by atoms with Crippen LogP contribution >= 0.6 is 0 Å². The van der Waals surface area contributed by atoms with E-state index in [1.165, 1.54) is 16.4 Å². The van der Waals surface area contributed by atoms with Gasteiger partial charge in [0.1, 0.15) is 5.75 Å². The van der Waals surface area contributed by atoms with Crippen LogP contribution in [-0.2, 0) is 26.1 Å². The van der Waals surface area contributed by atoms with Gasteiger partial charge in [0.05, 0.1) is 18.1 Å². The van der Waals surface area contributed by atoms with Crippen LogP contribution < -0.4 is 14.2 Å². The highest BCUT2D eigenvalue weighted by atomic mass is 32.2. The summed E-state index contributed by atoms with van der Waals surface area (Å²) >= 11 is 0. The lowest BCUT2D eigenvalue weighted by Gasteiger charge is -2.34. The first-order valence-corrected chi connectivity index (χ1v) is 13.1. The average Bonchev–Trinajstić information content (AvgIpc) is 3.36. The summed E-state index contributed by atoms with van der Waals surface area (Å²) in [6.45, 7) is 5.25. The molecule has 3 heterocycles. The van der Waals surface area contributed by atoms with Crippen LogP contribution in [0.3, 0.4) is 0 Å². The molecule has 0 aliphatic carbocycles. The van der Waals surface area contributed by atoms with E-state index in [1.807, 2.05) is 18.2 Å². The Hall–Kier alpha value is -2.86. The summed E-state index contributed by atoms with van der Waals surface area (Å²) in [5.74, 6) is 1.93. The second-order valence-electron chi connectivity index (χ2n) is 8.62. The number of sulfonamides is 1. The fraction of sp³-hybridized carbons (Fsp3) is 0.458. The van der Waals surface area contributed by atoms with Crippen molar-refractivity contribution in [3.8, 4) is 17.2 Å². The fourth-order valence-corrected chi connectivity index (χ4v) is 5.74. The number of hydrogen-bond donors (Lipinski definition) is 0. The molecule has 0 bridgehead atoms. The Kier molecular flexibility index (Phi) is 7.09. The fourth-order valence-electron chi connectivity index (χ4n) is 4.33. The Morgan fingerprint density at radius 1 is 0.886 bits per heavy atom. The van der Waals surface area contributed by atoms with Gasteiger partial charge >= 0.3 is 0 Å². The predicted molar refractivity (Wildman–Crippen MR) is 126 cm³/mol. The van der Waals surface area contributed by atoms with Gasteiger partial charge in [-0.25, -0.2) is 8.42 Å². The van der Waals surface area contributed by atoms with Gasteiger partial charge in [-0.05, 0) is 42.0 Å². The predicted octanol–water partition coefficient (Wildman–Crippen LogP) is 1.16. The minimum atomic E-state index is -3.55. The van der Waals surface area contributed by atoms with Crippen molar-refractivity contribution in [2.75, 3.05) is 65.9 Å². The van der Waals surface area contributed by atoms with Gasteiger partial charge in [0.2, 0.25) is 16.8 Å². The molecule has 0 radical (unpaired) electrons. The van der Waals surface area contributed by atoms with E-state index >= 15 is 0 Å². The number of nitrogens with zero attached hydrogens (tertiary/aromatic N) is 3. The van der Waals surface area contributed by atoms with Crippen LogP contribution in [0.4, 0.5) is 0 Å². The van der Waals surface area contributed by atoms with Gasteiger partial charge in [0.25, 0.3) is 5.91 Å². The summed E-state index contributed by atoms with van der Waals surface area (Å²) in [5.41, 5.74) is 1.15. The molecule has 0 unspecified atom stereocenters. The highest BCUT2D eigenvalue weighted by Gasteiger charge is 2.26. The van der Waals surface area contributed by atoms with Crippen LogP contribution in [0.15, 0.2) is 47.4 Å². The zero-order chi connectivity index (χ0) is 24.3. The molecule has 0 saturated carbocycles. The van der Waals surface area contributed by atoms with Crippen LogP contribution in [0.5, 0.6) is 17.2 Å². The maximum atomic E-state index is 12.7. The van der Waals surface area contributed by atoms with Gasteiger partial charge in [-0.15, -0.1) is 0 Å². The summed E-state index contributed by atoms with van der Waals surface area (Å²) < 4.78 is 48.5. The largest absolute Gasteiger partial charge is 0.484 e. The lowest BCUT2D eigenvalue weighted by atomic mass is 10.1. The number of carbonyl (C=O) groups is 1. The Balaban J connectivity index is 1.08. The van der Waals surface area contributed by atoms with Crippen molar-refractivity contribution in [2.45, 2.75) is 11.4 Å². The quantitative estimate of drug-likeness (QED) is 0.555. The van der Waals surface area contributed by atoms with E-state index in [0.29, 0.717) is 45.1 Å². The van der Waals surface area contributed by atoms with Gasteiger partial charge in [0.15, 0.2) is 18.1 Å². The Morgan fingerprint density at radius 3 is 2.34 bits per heavy atom. The molecule has 3 aliphatic heterocycles. The number of benzene rings is 2. The maximum Gasteiger partial charge on any atom is 0.260 e. The molecule has 11 heteroatoms. The number of ether oxygens (including phenoxy) is 4. The highest BCUT2D eigenvalue weighted by molar-refractivity contribution is 7.89. The third-order valence-corrected chi connectivity index (χ3v) is 8.27. The number of piperazine rings is 1. The molecule has 35 heavy (non-hydrogen) atoms. The van der Waals surface area contributed by atoms with Crippen molar-refractivity contribution < 1.29 is 32.2 Å². The summed E-state index contributed by atoms with van der Waals surface area (Å²) in [6, 6.07) is 12.2. The summed E-state index contributed by atoms with van der Waals surface area (Å²) in [6.07, 6.45) is 0. The zero-order valence-corrected chi connectivity index (χ0v) is 20.2. The Bertz CT molecular complexity index is 1140. The molecule has 0 aromatic heterocycles. The van der Waals surface area contributed by atoms with Gasteiger partial charge in [-0.2, -0.15) is 4.31 Å². The van der Waals surface area contributed by atoms with Crippen LogP contribution in [0.2, 0.25) is 0 Å². The van der Waals surface area contributed by atoms with Crippen LogP contribution in [0.1, 0.15) is 5.56 Å². The van der Waals surface area contributed by atoms with Crippen LogP contribution in [-0.4, -0.2) is 94.3 Å². The molecule has 2 fully saturated rings. The molecule has 2 aromatic rings. The van der Waals surface area contributed by atoms with Gasteiger partial charge in [0, 0.05) is 45.8 Å². The molecule has 188 valence electrons. The molecule has 0 spiro atoms. The van der Waals surface area contributed by atoms with Gasteiger partial charge in [-0.3, -0.25) is 9.69 Å². The second kappa shape index (κ2) is 10.4. The summed E-state index contributed by atoms with van der Waals surface area (Å²) in [7, 11) is -3.55. The molecule has 0 atom stereocenters. The molecule has 3 aliphatic rings. The minimum Gasteiger partial charge on any atom is -0.484 e. The third kappa shape index (κ3) is 5.53. The lowest BCUT2D eigenvalue weighted by molar-refractivity contribution is -0.135. The molecule has 2 saturated heterocycles. The molecular formula is C24H29N3O7S. The van der Waals surface area contributed by atoms with Crippen molar-refractivity contribution >= 4 is 15.9 Å². The van der Waals surface area contributed by atoms with Gasteiger partial charge < -0.3 is 23.8 Å². The molecule has 2 aromatic carbocycles. The number of morpholine rings is 1. The van der Waals surface area contributed by atoms with E-state index in [9.17, 15) is 13.2 Å². The molecule has 0 N–H and O–H groups in total. The first kappa shape index (κ1) is 23.9. The monoisotopic (exact) mass is 503 g/mol. The second-order valence-corrected chi connectivity index (χ2v) is 10.6. The number of hydrogen-bond acceptors (Lipinski definition) is 8. The van der Waals surface area contributed by atoms with Crippen molar-refractivity contribution in [3.63, 3.8) is 0 Å². The minimum absolute atomic E-state index is 0.0854. The van der Waals surface area contributed by atoms with E-state index in [-0.39, 0.29) is 24.2 Å². The van der Waals surface area contributed by atoms with Crippen molar-refractivity contribution in [1.29, 1.82) is 0 Å². The van der Waals surface area contributed by atoms with Crippen molar-refractivity contribution in [3.05, 3.63) is 48.0 Å². The standard InChI is InChI=1S/C24H29N3O7S/c28-24(17-32-20-2-4-21(5-3-20)35(29,30)27-11-13-31-14-12-27)26-9-7-25(8-10-26)16-19-1-6-22-23(15-19)34-18-33-22/h1-6,15H,7-14,16-18H2. The number of fused-ring (bicyclic) bond motifs is 1. The molecule has 10 nitrogen and oxygen atoms in total. The summed E-state index contributed by atoms with van der Waals surface area (Å²) in [5, 5.41) is 0. The van der Waals surface area contributed by atoms with Gasteiger partial charge in [-0.1, -0.05) is 6.07 Å². The number of amides is 1. The Morgan fingerprint density at radius 2 is 1.60 bits per heavy atom. The number of carbonyl (C=O) groups excluding carboxylic acids is 1. The normalized spacial score (nSPS) is 19.0. The first-order chi connectivity index (χ1) is 17.0. The van der Waals surface area contributed by atoms with E-state index in [0.717, 1.165) is 36.7 Å². The highest BCUT2D eigenvalue weighted by Crippen LogP contribution is 2.32. The lowest BCUT2D eigenvalue weighted by Crippen LogP contribution is -2.49. The maximum absolute atomic E-state index is 12.7. The third-order valence-electron chi connectivity index (χ3n) is 6.36. The SMILES string of the molecule is O=C(COc1ccc(S(=O)(=O)N2CCOCC2)cc1)N1CCN(Cc2ccc3c(c2)OCO3)CC1. The first-order valence-electron chi connectivity index (χ1n) is 11.7. The molecule has 5 rings (SSSR count). The number of rotatable bonds is 7. The van der Waals surface area contributed by atoms with E-state index in [4.69, 9.17) is 18.9 Å². The average molecular weight is 504 g/mol. The zero-order valence-electron chi connectivity index (χ0n) is 19.4. The van der Waals surface area contributed by atoms with Crippen molar-refractivity contribution in [2.24, 2.45) is 0 Å². The molecular weight excluding hydrogens is 474 g/mol. The molecule has 1 amide bonds. The van der Waals surface area contributed by atoms with Crippen LogP contribution in [0, 0.1) is 0 Å². The van der Waals surface area contributed by atoms with Crippen molar-refractivity contribution in [1.82, 2.24) is 14.1 Å². The van der Waals surface area contributed by atoms with E-state index < -0.39 is 10.0 Å². The summed E-state index contributed by atoms with van der Waals surface area (Å²) in [4.78, 5) is 16.9. The van der Waals surface area contributed by atoms with Crippen LogP contribution in [0.25, 0.3) is 0 Å².